The molecule has 1 nitrogen and oxygen atoms in total. The number of aliphatic hydroxyl groups is 1. The van der Waals surface area contributed by atoms with E-state index in [1.807, 2.05) is 13.8 Å². The fraction of sp³-hybridized carbons (Fsp3) is 0.667. The smallest absolute Gasteiger partial charge is 0.0465 e. The van der Waals surface area contributed by atoms with Crippen molar-refractivity contribution in [1.29, 1.82) is 0 Å². The van der Waals surface area contributed by atoms with Crippen LogP contribution in [0.4, 0.5) is 0 Å². The molecule has 2 atom stereocenters. The van der Waals surface area contributed by atoms with E-state index < -0.39 is 0 Å². The van der Waals surface area contributed by atoms with Crippen LogP contribution in [0.2, 0.25) is 5.02 Å². The first kappa shape index (κ1) is 17.5. The van der Waals surface area contributed by atoms with Gasteiger partial charge >= 0.3 is 0 Å². The standard InChI is InChI=1S/C16H23ClO.C2H6/c1-2-5-12-8-9-13(10-16(12)17)15-7-4-3-6-14(15)11-18;1-2/h8-10,14-15,18H,2-7,11H2,1H3;1-2H3/t14-,15?;/m0./s1. The number of hydrogen-bond acceptors (Lipinski definition) is 1. The van der Waals surface area contributed by atoms with Gasteiger partial charge in [-0.15, -0.1) is 0 Å². The van der Waals surface area contributed by atoms with Crippen molar-refractivity contribution in [2.24, 2.45) is 5.92 Å². The van der Waals surface area contributed by atoms with Gasteiger partial charge in [0, 0.05) is 11.6 Å². The molecule has 1 unspecified atom stereocenters. The third-order valence-corrected chi connectivity index (χ3v) is 4.52. The highest BCUT2D eigenvalue weighted by molar-refractivity contribution is 6.31. The number of benzene rings is 1. The zero-order chi connectivity index (χ0) is 15.0. The van der Waals surface area contributed by atoms with Gasteiger partial charge in [-0.25, -0.2) is 0 Å². The quantitative estimate of drug-likeness (QED) is 0.768. The summed E-state index contributed by atoms with van der Waals surface area (Å²) in [5.74, 6) is 0.920. The Hall–Kier alpha value is -0.530. The van der Waals surface area contributed by atoms with Crippen LogP contribution in [-0.4, -0.2) is 11.7 Å². The molecule has 1 saturated carbocycles. The van der Waals surface area contributed by atoms with Crippen molar-refractivity contribution in [1.82, 2.24) is 0 Å². The summed E-state index contributed by atoms with van der Waals surface area (Å²) in [5.41, 5.74) is 2.57. The highest BCUT2D eigenvalue weighted by Crippen LogP contribution is 2.38. The molecule has 1 aliphatic carbocycles. The summed E-state index contributed by atoms with van der Waals surface area (Å²) in [7, 11) is 0. The van der Waals surface area contributed by atoms with Crippen LogP contribution in [0.5, 0.6) is 0 Å². The van der Waals surface area contributed by atoms with E-state index in [-0.39, 0.29) is 0 Å². The minimum Gasteiger partial charge on any atom is -0.396 e. The predicted octanol–water partition coefficient (Wildman–Crippen LogP) is 5.58. The van der Waals surface area contributed by atoms with Crippen molar-refractivity contribution in [2.45, 2.75) is 65.2 Å². The number of rotatable bonds is 4. The summed E-state index contributed by atoms with van der Waals surface area (Å²) in [5, 5.41) is 10.4. The third-order valence-electron chi connectivity index (χ3n) is 4.17. The molecule has 1 fully saturated rings. The van der Waals surface area contributed by atoms with Gasteiger partial charge in [0.2, 0.25) is 0 Å². The SMILES string of the molecule is CC.CCCc1ccc(C2CCCC[C@H]2CO)cc1Cl. The van der Waals surface area contributed by atoms with Crippen molar-refractivity contribution in [3.05, 3.63) is 34.3 Å². The maximum absolute atomic E-state index is 9.50. The molecule has 0 heterocycles. The maximum atomic E-state index is 9.50. The Morgan fingerprint density at radius 1 is 1.20 bits per heavy atom. The largest absolute Gasteiger partial charge is 0.396 e. The molecular weight excluding hydrogens is 268 g/mol. The second kappa shape index (κ2) is 9.41. The summed E-state index contributed by atoms with van der Waals surface area (Å²) in [6, 6.07) is 6.52. The van der Waals surface area contributed by atoms with Gasteiger partial charge in [0.25, 0.3) is 0 Å². The lowest BCUT2D eigenvalue weighted by Crippen LogP contribution is -2.21. The molecule has 0 bridgehead atoms. The van der Waals surface area contributed by atoms with Gasteiger partial charge in [-0.05, 0) is 48.3 Å². The van der Waals surface area contributed by atoms with Gasteiger partial charge in [0.1, 0.15) is 0 Å². The minimum atomic E-state index is 0.305. The van der Waals surface area contributed by atoms with E-state index in [9.17, 15) is 5.11 Å². The van der Waals surface area contributed by atoms with E-state index in [2.05, 4.69) is 25.1 Å². The van der Waals surface area contributed by atoms with E-state index in [1.165, 1.54) is 30.4 Å². The zero-order valence-electron chi connectivity index (χ0n) is 13.2. The molecule has 2 heteroatoms. The summed E-state index contributed by atoms with van der Waals surface area (Å²) in [6.07, 6.45) is 7.04. The summed E-state index contributed by atoms with van der Waals surface area (Å²) >= 11 is 6.36. The lowest BCUT2D eigenvalue weighted by Gasteiger charge is -2.30. The van der Waals surface area contributed by atoms with Crippen LogP contribution in [0.15, 0.2) is 18.2 Å². The molecular formula is C18H29ClO. The lowest BCUT2D eigenvalue weighted by atomic mass is 9.76. The first-order valence-corrected chi connectivity index (χ1v) is 8.53. The monoisotopic (exact) mass is 296 g/mol. The second-order valence-corrected chi connectivity index (χ2v) is 5.84. The van der Waals surface area contributed by atoms with Crippen molar-refractivity contribution in [3.8, 4) is 0 Å². The lowest BCUT2D eigenvalue weighted by molar-refractivity contribution is 0.169. The van der Waals surface area contributed by atoms with Crippen molar-refractivity contribution in [3.63, 3.8) is 0 Å². The van der Waals surface area contributed by atoms with E-state index >= 15 is 0 Å². The van der Waals surface area contributed by atoms with Crippen LogP contribution in [0.3, 0.4) is 0 Å². The fourth-order valence-electron chi connectivity index (χ4n) is 3.13. The first-order valence-electron chi connectivity index (χ1n) is 8.15. The molecule has 0 aromatic heterocycles. The number of aryl methyl sites for hydroxylation is 1. The third kappa shape index (κ3) is 4.49. The summed E-state index contributed by atoms with van der Waals surface area (Å²) in [4.78, 5) is 0. The average Bonchev–Trinajstić information content (AvgIpc) is 2.51. The summed E-state index contributed by atoms with van der Waals surface area (Å²) < 4.78 is 0. The van der Waals surface area contributed by atoms with E-state index in [1.54, 1.807) is 0 Å². The van der Waals surface area contributed by atoms with Gasteiger partial charge in [-0.1, -0.05) is 63.8 Å². The van der Waals surface area contributed by atoms with Crippen molar-refractivity contribution >= 4 is 11.6 Å². The van der Waals surface area contributed by atoms with Gasteiger partial charge in [-0.3, -0.25) is 0 Å². The molecule has 0 amide bonds. The predicted molar refractivity (Wildman–Crippen MR) is 88.6 cm³/mol. The molecule has 0 spiro atoms. The molecule has 1 N–H and O–H groups in total. The number of aliphatic hydroxyl groups excluding tert-OH is 1. The Labute approximate surface area is 129 Å². The highest BCUT2D eigenvalue weighted by Gasteiger charge is 2.26. The van der Waals surface area contributed by atoms with Crippen LogP contribution in [0.1, 0.15) is 69.9 Å². The van der Waals surface area contributed by atoms with Gasteiger partial charge in [0.15, 0.2) is 0 Å². The second-order valence-electron chi connectivity index (χ2n) is 5.43. The Kier molecular flexibility index (Phi) is 8.25. The number of halogens is 1. The fourth-order valence-corrected chi connectivity index (χ4v) is 3.41. The summed E-state index contributed by atoms with van der Waals surface area (Å²) in [6.45, 7) is 6.48. The maximum Gasteiger partial charge on any atom is 0.0465 e. The van der Waals surface area contributed by atoms with E-state index in [4.69, 9.17) is 11.6 Å². The molecule has 0 saturated heterocycles. The molecule has 0 radical (unpaired) electrons. The normalized spacial score (nSPS) is 22.1. The molecule has 114 valence electrons. The Bertz CT molecular complexity index is 389. The van der Waals surface area contributed by atoms with Gasteiger partial charge < -0.3 is 5.11 Å². The van der Waals surface area contributed by atoms with E-state index in [0.717, 1.165) is 24.3 Å². The Balaban J connectivity index is 0.000000956. The number of hydrogen-bond donors (Lipinski definition) is 1. The zero-order valence-corrected chi connectivity index (χ0v) is 13.9. The molecule has 0 aliphatic heterocycles. The topological polar surface area (TPSA) is 20.2 Å². The van der Waals surface area contributed by atoms with Crippen LogP contribution in [-0.2, 0) is 6.42 Å². The average molecular weight is 297 g/mol. The minimum absolute atomic E-state index is 0.305. The van der Waals surface area contributed by atoms with E-state index in [0.29, 0.717) is 18.4 Å². The van der Waals surface area contributed by atoms with Gasteiger partial charge in [-0.2, -0.15) is 0 Å². The molecule has 1 aliphatic rings. The Morgan fingerprint density at radius 3 is 2.50 bits per heavy atom. The molecule has 1 aromatic carbocycles. The van der Waals surface area contributed by atoms with Crippen LogP contribution in [0.25, 0.3) is 0 Å². The van der Waals surface area contributed by atoms with Crippen molar-refractivity contribution in [2.75, 3.05) is 6.61 Å². The van der Waals surface area contributed by atoms with Crippen LogP contribution < -0.4 is 0 Å². The molecule has 1 aromatic rings. The van der Waals surface area contributed by atoms with Crippen LogP contribution >= 0.6 is 11.6 Å². The first-order chi connectivity index (χ1) is 9.76. The van der Waals surface area contributed by atoms with Crippen LogP contribution in [0, 0.1) is 5.92 Å². The van der Waals surface area contributed by atoms with Gasteiger partial charge in [0.05, 0.1) is 0 Å². The molecule has 20 heavy (non-hydrogen) atoms. The van der Waals surface area contributed by atoms with Crippen molar-refractivity contribution < 1.29 is 5.11 Å². The Morgan fingerprint density at radius 2 is 1.90 bits per heavy atom. The highest BCUT2D eigenvalue weighted by atomic mass is 35.5. The molecule has 2 rings (SSSR count).